The number of nitrogens with one attached hydrogen (secondary N) is 2. The van der Waals surface area contributed by atoms with E-state index in [4.69, 9.17) is 4.74 Å². The zero-order chi connectivity index (χ0) is 14.2. The summed E-state index contributed by atoms with van der Waals surface area (Å²) in [6, 6.07) is 3.72. The molecule has 5 nitrogen and oxygen atoms in total. The molecule has 110 valence electrons. The largest absolute Gasteiger partial charge is 0.481 e. The van der Waals surface area contributed by atoms with Crippen LogP contribution >= 0.6 is 0 Å². The zero-order valence-electron chi connectivity index (χ0n) is 12.0. The fraction of sp³-hybridized carbons (Fsp3) is 0.600. The maximum absolute atomic E-state index is 11.8. The number of carbonyl (C=O) groups excluding carboxylic acids is 1. The number of amides is 1. The molecule has 5 heteroatoms. The second-order valence-corrected chi connectivity index (χ2v) is 5.23. The molecular weight excluding hydrogens is 254 g/mol. The highest BCUT2D eigenvalue weighted by Crippen LogP contribution is 2.15. The number of pyridine rings is 1. The number of aromatic nitrogens is 1. The Morgan fingerprint density at radius 3 is 3.25 bits per heavy atom. The third-order valence-electron chi connectivity index (χ3n) is 3.68. The number of hydrogen-bond acceptors (Lipinski definition) is 4. The van der Waals surface area contributed by atoms with E-state index >= 15 is 0 Å². The summed E-state index contributed by atoms with van der Waals surface area (Å²) in [4.78, 5) is 15.9. The number of rotatable bonds is 6. The van der Waals surface area contributed by atoms with Crippen molar-refractivity contribution < 1.29 is 9.53 Å². The van der Waals surface area contributed by atoms with Crippen LogP contribution in [0.4, 0.5) is 0 Å². The molecule has 0 bridgehead atoms. The van der Waals surface area contributed by atoms with Crippen molar-refractivity contribution in [3.63, 3.8) is 0 Å². The molecule has 2 N–H and O–H groups in total. The third kappa shape index (κ3) is 4.81. The normalized spacial score (nSPS) is 18.6. The summed E-state index contributed by atoms with van der Waals surface area (Å²) in [5.74, 6) is 1.34. The molecule has 0 aromatic carbocycles. The van der Waals surface area contributed by atoms with E-state index in [2.05, 4.69) is 15.6 Å². The number of nitrogens with zero attached hydrogens (tertiary/aromatic N) is 1. The van der Waals surface area contributed by atoms with Crippen LogP contribution in [0.2, 0.25) is 0 Å². The van der Waals surface area contributed by atoms with Crippen molar-refractivity contribution in [3.05, 3.63) is 23.9 Å². The van der Waals surface area contributed by atoms with Gasteiger partial charge in [-0.3, -0.25) is 4.79 Å². The highest BCUT2D eigenvalue weighted by molar-refractivity contribution is 5.75. The van der Waals surface area contributed by atoms with Gasteiger partial charge >= 0.3 is 0 Å². The molecule has 1 aliphatic rings. The van der Waals surface area contributed by atoms with Gasteiger partial charge in [-0.15, -0.1) is 0 Å². The molecule has 0 aliphatic carbocycles. The van der Waals surface area contributed by atoms with Crippen LogP contribution in [0.3, 0.4) is 0 Å². The van der Waals surface area contributed by atoms with Gasteiger partial charge in [-0.05, 0) is 49.9 Å². The molecule has 2 rings (SSSR count). The number of carbonyl (C=O) groups is 1. The van der Waals surface area contributed by atoms with Gasteiger partial charge in [-0.2, -0.15) is 0 Å². The summed E-state index contributed by atoms with van der Waals surface area (Å²) in [6.07, 6.45) is 5.73. The number of hydrogen-bond donors (Lipinski definition) is 2. The minimum absolute atomic E-state index is 0.117. The predicted molar refractivity (Wildman–Crippen MR) is 77.5 cm³/mol. The molecule has 1 aromatic heterocycles. The summed E-state index contributed by atoms with van der Waals surface area (Å²) >= 11 is 0. The lowest BCUT2D eigenvalue weighted by Crippen LogP contribution is -2.31. The molecule has 1 aliphatic heterocycles. The topological polar surface area (TPSA) is 63.2 Å². The lowest BCUT2D eigenvalue weighted by atomic mass is 9.94. The Bertz CT molecular complexity index is 431. The van der Waals surface area contributed by atoms with Crippen LogP contribution in [0.25, 0.3) is 0 Å². The molecule has 1 amide bonds. The molecular formula is C15H23N3O2. The van der Waals surface area contributed by atoms with Crippen molar-refractivity contribution in [2.75, 3.05) is 20.2 Å². The zero-order valence-corrected chi connectivity index (χ0v) is 12.0. The minimum Gasteiger partial charge on any atom is -0.481 e. The molecule has 20 heavy (non-hydrogen) atoms. The van der Waals surface area contributed by atoms with E-state index < -0.39 is 0 Å². The first-order chi connectivity index (χ1) is 9.78. The Hall–Kier alpha value is -1.62. The lowest BCUT2D eigenvalue weighted by molar-refractivity contribution is -0.121. The van der Waals surface area contributed by atoms with E-state index in [0.717, 1.165) is 25.1 Å². The van der Waals surface area contributed by atoms with Gasteiger partial charge in [0.25, 0.3) is 0 Å². The summed E-state index contributed by atoms with van der Waals surface area (Å²) in [6.45, 7) is 2.70. The third-order valence-corrected chi connectivity index (χ3v) is 3.68. The smallest absolute Gasteiger partial charge is 0.220 e. The van der Waals surface area contributed by atoms with E-state index in [1.807, 2.05) is 12.1 Å². The summed E-state index contributed by atoms with van der Waals surface area (Å²) in [5.41, 5.74) is 1.00. The van der Waals surface area contributed by atoms with Gasteiger partial charge in [0.15, 0.2) is 0 Å². The molecule has 0 saturated carbocycles. The number of ether oxygens (including phenoxy) is 1. The van der Waals surface area contributed by atoms with E-state index in [1.165, 1.54) is 12.8 Å². The van der Waals surface area contributed by atoms with Crippen molar-refractivity contribution in [2.45, 2.75) is 32.2 Å². The fourth-order valence-electron chi connectivity index (χ4n) is 2.47. The van der Waals surface area contributed by atoms with Gasteiger partial charge in [-0.1, -0.05) is 0 Å². The maximum Gasteiger partial charge on any atom is 0.220 e. The van der Waals surface area contributed by atoms with Gasteiger partial charge in [0.2, 0.25) is 11.8 Å². The first-order valence-electron chi connectivity index (χ1n) is 7.24. The van der Waals surface area contributed by atoms with E-state index in [0.29, 0.717) is 24.8 Å². The maximum atomic E-state index is 11.8. The molecule has 0 radical (unpaired) electrons. The lowest BCUT2D eigenvalue weighted by Gasteiger charge is -2.22. The van der Waals surface area contributed by atoms with Crippen molar-refractivity contribution in [1.29, 1.82) is 0 Å². The Kier molecular flexibility index (Phi) is 5.80. The van der Waals surface area contributed by atoms with E-state index in [1.54, 1.807) is 13.3 Å². The fourth-order valence-corrected chi connectivity index (χ4v) is 2.47. The van der Waals surface area contributed by atoms with Gasteiger partial charge in [0, 0.05) is 25.2 Å². The van der Waals surface area contributed by atoms with Gasteiger partial charge < -0.3 is 15.4 Å². The Morgan fingerprint density at radius 2 is 2.50 bits per heavy atom. The molecule has 1 unspecified atom stereocenters. The molecule has 1 fully saturated rings. The van der Waals surface area contributed by atoms with Crippen molar-refractivity contribution in [2.24, 2.45) is 5.92 Å². The standard InChI is InChI=1S/C15H23N3O2/c1-20-15-9-13(6-8-17-15)11-18-14(19)5-4-12-3-2-7-16-10-12/h6,8-9,12,16H,2-5,7,10-11H2,1H3,(H,18,19). The van der Waals surface area contributed by atoms with Crippen LogP contribution < -0.4 is 15.4 Å². The Balaban J connectivity index is 1.68. The van der Waals surface area contributed by atoms with Crippen molar-refractivity contribution in [1.82, 2.24) is 15.6 Å². The van der Waals surface area contributed by atoms with Crippen LogP contribution in [0, 0.1) is 5.92 Å². The van der Waals surface area contributed by atoms with Crippen LogP contribution in [0.15, 0.2) is 18.3 Å². The Labute approximate surface area is 120 Å². The van der Waals surface area contributed by atoms with Crippen molar-refractivity contribution in [3.8, 4) is 5.88 Å². The van der Waals surface area contributed by atoms with E-state index in [-0.39, 0.29) is 5.91 Å². The Morgan fingerprint density at radius 1 is 1.60 bits per heavy atom. The van der Waals surface area contributed by atoms with E-state index in [9.17, 15) is 4.79 Å². The summed E-state index contributed by atoms with van der Waals surface area (Å²) in [7, 11) is 1.59. The molecule has 1 aromatic rings. The van der Waals surface area contributed by atoms with Gasteiger partial charge in [0.05, 0.1) is 7.11 Å². The van der Waals surface area contributed by atoms with Crippen LogP contribution in [-0.2, 0) is 11.3 Å². The van der Waals surface area contributed by atoms with Gasteiger partial charge in [-0.25, -0.2) is 4.98 Å². The SMILES string of the molecule is COc1cc(CNC(=O)CCC2CCCNC2)ccn1. The van der Waals surface area contributed by atoms with Crippen LogP contribution in [0.5, 0.6) is 5.88 Å². The quantitative estimate of drug-likeness (QED) is 0.827. The van der Waals surface area contributed by atoms with Crippen molar-refractivity contribution >= 4 is 5.91 Å². The molecule has 0 spiro atoms. The molecule has 1 saturated heterocycles. The highest BCUT2D eigenvalue weighted by Gasteiger charge is 2.14. The molecule has 1 atom stereocenters. The summed E-state index contributed by atoms with van der Waals surface area (Å²) < 4.78 is 5.06. The van der Waals surface area contributed by atoms with Crippen LogP contribution in [0.1, 0.15) is 31.2 Å². The first-order valence-corrected chi connectivity index (χ1v) is 7.24. The number of piperidine rings is 1. The molecule has 2 heterocycles. The van der Waals surface area contributed by atoms with Gasteiger partial charge in [0.1, 0.15) is 0 Å². The highest BCUT2D eigenvalue weighted by atomic mass is 16.5. The first kappa shape index (κ1) is 14.8. The minimum atomic E-state index is 0.117. The monoisotopic (exact) mass is 277 g/mol. The van der Waals surface area contributed by atoms with Crippen LogP contribution in [-0.4, -0.2) is 31.1 Å². The number of methoxy groups -OCH3 is 1. The predicted octanol–water partition coefficient (Wildman–Crippen LogP) is 1.49. The average Bonchev–Trinajstić information content (AvgIpc) is 2.52. The summed E-state index contributed by atoms with van der Waals surface area (Å²) in [5, 5.41) is 6.32. The second kappa shape index (κ2) is 7.85. The second-order valence-electron chi connectivity index (χ2n) is 5.23. The average molecular weight is 277 g/mol.